The van der Waals surface area contributed by atoms with Gasteiger partial charge in [0, 0.05) is 6.04 Å². The van der Waals surface area contributed by atoms with E-state index >= 15 is 0 Å². The van der Waals surface area contributed by atoms with Crippen LogP contribution in [0.3, 0.4) is 0 Å². The molecule has 1 aromatic heterocycles. The van der Waals surface area contributed by atoms with Gasteiger partial charge in [0.05, 0.1) is 19.2 Å². The summed E-state index contributed by atoms with van der Waals surface area (Å²) in [5.41, 5.74) is 0.478. The summed E-state index contributed by atoms with van der Waals surface area (Å²) in [7, 11) is 1.38. The maximum Gasteiger partial charge on any atom is 0.341 e. The standard InChI is InChI=1S/C16H25NO3/c1-12(13-7-5-3-4-6-8-13)17-10-15-9-14(11-20-15)16(18)19-2/h9,11-13,17H,3-8,10H2,1-2H3/t12-/m0/s1. The summed E-state index contributed by atoms with van der Waals surface area (Å²) in [6.45, 7) is 2.91. The molecule has 0 spiro atoms. The third kappa shape index (κ3) is 4.10. The number of ether oxygens (including phenoxy) is 1. The van der Waals surface area contributed by atoms with Gasteiger partial charge in [0.2, 0.25) is 0 Å². The molecule has 0 radical (unpaired) electrons. The molecule has 1 fully saturated rings. The molecule has 2 rings (SSSR count). The molecular weight excluding hydrogens is 254 g/mol. The Morgan fingerprint density at radius 1 is 1.40 bits per heavy atom. The predicted molar refractivity (Wildman–Crippen MR) is 77.5 cm³/mol. The van der Waals surface area contributed by atoms with Crippen LogP contribution in [0.15, 0.2) is 16.7 Å². The van der Waals surface area contributed by atoms with Gasteiger partial charge in [-0.05, 0) is 31.7 Å². The summed E-state index contributed by atoms with van der Waals surface area (Å²) >= 11 is 0. The van der Waals surface area contributed by atoms with Crippen LogP contribution in [0, 0.1) is 5.92 Å². The van der Waals surface area contributed by atoms with E-state index in [2.05, 4.69) is 17.0 Å². The van der Waals surface area contributed by atoms with Crippen molar-refractivity contribution in [2.45, 2.75) is 58.0 Å². The lowest BCUT2D eigenvalue weighted by Gasteiger charge is -2.23. The number of furan rings is 1. The maximum atomic E-state index is 11.3. The number of nitrogens with one attached hydrogen (secondary N) is 1. The van der Waals surface area contributed by atoms with Crippen LogP contribution in [-0.4, -0.2) is 19.1 Å². The van der Waals surface area contributed by atoms with Crippen LogP contribution in [0.2, 0.25) is 0 Å². The maximum absolute atomic E-state index is 11.3. The van der Waals surface area contributed by atoms with Crippen molar-refractivity contribution >= 4 is 5.97 Å². The average Bonchev–Trinajstić information content (AvgIpc) is 2.77. The van der Waals surface area contributed by atoms with Crippen LogP contribution in [0.1, 0.15) is 61.6 Å². The van der Waals surface area contributed by atoms with Gasteiger partial charge < -0.3 is 14.5 Å². The number of carbonyl (C=O) groups excluding carboxylic acids is 1. The van der Waals surface area contributed by atoms with Gasteiger partial charge in [-0.2, -0.15) is 0 Å². The van der Waals surface area contributed by atoms with Crippen molar-refractivity contribution in [3.8, 4) is 0 Å². The highest BCUT2D eigenvalue weighted by Gasteiger charge is 2.19. The molecule has 4 nitrogen and oxygen atoms in total. The number of hydrogen-bond acceptors (Lipinski definition) is 4. The van der Waals surface area contributed by atoms with Crippen LogP contribution in [0.25, 0.3) is 0 Å². The first-order valence-electron chi connectivity index (χ1n) is 7.60. The lowest BCUT2D eigenvalue weighted by molar-refractivity contribution is 0.0600. The molecule has 4 heteroatoms. The molecule has 0 amide bonds. The van der Waals surface area contributed by atoms with Crippen molar-refractivity contribution in [3.05, 3.63) is 23.7 Å². The number of hydrogen-bond donors (Lipinski definition) is 1. The van der Waals surface area contributed by atoms with Crippen molar-refractivity contribution in [3.63, 3.8) is 0 Å². The molecule has 1 aliphatic rings. The minimum atomic E-state index is -0.350. The fourth-order valence-corrected chi connectivity index (χ4v) is 2.94. The number of rotatable bonds is 5. The van der Waals surface area contributed by atoms with Crippen LogP contribution in [-0.2, 0) is 11.3 Å². The SMILES string of the molecule is COC(=O)c1coc(CN[C@@H](C)C2CCCCCC2)c1. The smallest absolute Gasteiger partial charge is 0.341 e. The molecule has 1 atom stereocenters. The molecule has 0 unspecified atom stereocenters. The van der Waals surface area contributed by atoms with Crippen LogP contribution in [0.4, 0.5) is 0 Å². The Labute approximate surface area is 120 Å². The molecule has 0 aliphatic heterocycles. The van der Waals surface area contributed by atoms with Crippen molar-refractivity contribution in [2.75, 3.05) is 7.11 Å². The second kappa shape index (κ2) is 7.48. The first-order valence-corrected chi connectivity index (χ1v) is 7.60. The van der Waals surface area contributed by atoms with E-state index in [1.165, 1.54) is 51.9 Å². The van der Waals surface area contributed by atoms with Crippen LogP contribution in [0.5, 0.6) is 0 Å². The predicted octanol–water partition coefficient (Wildman–Crippen LogP) is 3.51. The summed E-state index contributed by atoms with van der Waals surface area (Å²) in [5.74, 6) is 1.19. The highest BCUT2D eigenvalue weighted by Crippen LogP contribution is 2.25. The molecule has 1 heterocycles. The number of methoxy groups -OCH3 is 1. The van der Waals surface area contributed by atoms with Gasteiger partial charge in [0.15, 0.2) is 0 Å². The summed E-state index contributed by atoms with van der Waals surface area (Å²) in [6.07, 6.45) is 9.56. The molecule has 0 aromatic carbocycles. The Balaban J connectivity index is 1.81. The van der Waals surface area contributed by atoms with Gasteiger partial charge in [0.1, 0.15) is 12.0 Å². The lowest BCUT2D eigenvalue weighted by atomic mass is 9.93. The van der Waals surface area contributed by atoms with Gasteiger partial charge >= 0.3 is 5.97 Å². The van der Waals surface area contributed by atoms with E-state index < -0.39 is 0 Å². The Hall–Kier alpha value is -1.29. The van der Waals surface area contributed by atoms with Gasteiger partial charge in [-0.3, -0.25) is 0 Å². The minimum Gasteiger partial charge on any atom is -0.467 e. The Morgan fingerprint density at radius 2 is 2.10 bits per heavy atom. The summed E-state index contributed by atoms with van der Waals surface area (Å²) in [4.78, 5) is 11.3. The van der Waals surface area contributed by atoms with E-state index in [0.717, 1.165) is 11.7 Å². The molecule has 112 valence electrons. The molecule has 1 aliphatic carbocycles. The third-order valence-corrected chi connectivity index (χ3v) is 4.28. The molecular formula is C16H25NO3. The zero-order valence-corrected chi connectivity index (χ0v) is 12.5. The topological polar surface area (TPSA) is 51.5 Å². The van der Waals surface area contributed by atoms with E-state index in [-0.39, 0.29) is 5.97 Å². The lowest BCUT2D eigenvalue weighted by Crippen LogP contribution is -2.32. The van der Waals surface area contributed by atoms with Crippen molar-refractivity contribution < 1.29 is 13.9 Å². The van der Waals surface area contributed by atoms with E-state index in [1.807, 2.05) is 0 Å². The Kier molecular flexibility index (Phi) is 5.65. The van der Waals surface area contributed by atoms with Crippen LogP contribution >= 0.6 is 0 Å². The average molecular weight is 279 g/mol. The van der Waals surface area contributed by atoms with E-state index in [9.17, 15) is 4.79 Å². The minimum absolute atomic E-state index is 0.350. The van der Waals surface area contributed by atoms with Crippen molar-refractivity contribution in [1.82, 2.24) is 5.32 Å². The molecule has 1 N–H and O–H groups in total. The summed E-state index contributed by atoms with van der Waals surface area (Å²) in [5, 5.41) is 3.52. The molecule has 0 saturated heterocycles. The molecule has 0 bridgehead atoms. The Bertz CT molecular complexity index is 419. The molecule has 1 aromatic rings. The first-order chi connectivity index (χ1) is 9.70. The van der Waals surface area contributed by atoms with Gasteiger partial charge in [-0.25, -0.2) is 4.79 Å². The Morgan fingerprint density at radius 3 is 2.75 bits per heavy atom. The fraction of sp³-hybridized carbons (Fsp3) is 0.688. The second-order valence-electron chi connectivity index (χ2n) is 5.71. The quantitative estimate of drug-likeness (QED) is 0.662. The van der Waals surface area contributed by atoms with E-state index in [4.69, 9.17) is 4.42 Å². The third-order valence-electron chi connectivity index (χ3n) is 4.28. The van der Waals surface area contributed by atoms with E-state index in [1.54, 1.807) is 6.07 Å². The fourth-order valence-electron chi connectivity index (χ4n) is 2.94. The molecule has 1 saturated carbocycles. The number of esters is 1. The number of carbonyl (C=O) groups is 1. The normalized spacial score (nSPS) is 18.5. The van der Waals surface area contributed by atoms with Crippen LogP contribution < -0.4 is 5.32 Å². The highest BCUT2D eigenvalue weighted by molar-refractivity contribution is 5.88. The molecule has 20 heavy (non-hydrogen) atoms. The van der Waals surface area contributed by atoms with Gasteiger partial charge in [0.25, 0.3) is 0 Å². The van der Waals surface area contributed by atoms with Gasteiger partial charge in [-0.1, -0.05) is 25.7 Å². The van der Waals surface area contributed by atoms with Crippen molar-refractivity contribution in [1.29, 1.82) is 0 Å². The van der Waals surface area contributed by atoms with E-state index in [0.29, 0.717) is 18.2 Å². The zero-order chi connectivity index (χ0) is 14.4. The second-order valence-corrected chi connectivity index (χ2v) is 5.71. The summed E-state index contributed by atoms with van der Waals surface area (Å²) in [6, 6.07) is 2.23. The first kappa shape index (κ1) is 15.1. The van der Waals surface area contributed by atoms with Crippen molar-refractivity contribution in [2.24, 2.45) is 5.92 Å². The highest BCUT2D eigenvalue weighted by atomic mass is 16.5. The zero-order valence-electron chi connectivity index (χ0n) is 12.5. The summed E-state index contributed by atoms with van der Waals surface area (Å²) < 4.78 is 10.1. The largest absolute Gasteiger partial charge is 0.467 e. The monoisotopic (exact) mass is 279 g/mol. The van der Waals surface area contributed by atoms with Gasteiger partial charge in [-0.15, -0.1) is 0 Å².